The fourth-order valence-electron chi connectivity index (χ4n) is 3.34. The van der Waals surface area contributed by atoms with Gasteiger partial charge in [-0.15, -0.1) is 0 Å². The van der Waals surface area contributed by atoms with E-state index in [0.717, 1.165) is 19.5 Å². The number of rotatable bonds is 2. The smallest absolute Gasteiger partial charge is 0.0925 e. The molecule has 106 valence electrons. The van der Waals surface area contributed by atoms with E-state index in [1.54, 1.807) is 0 Å². The van der Waals surface area contributed by atoms with Gasteiger partial charge in [-0.2, -0.15) is 0 Å². The molecular formula is C14H25N5. The minimum atomic E-state index is 0.543. The van der Waals surface area contributed by atoms with Crippen LogP contribution >= 0.6 is 0 Å². The van der Waals surface area contributed by atoms with Crippen LogP contribution < -0.4 is 5.32 Å². The first-order chi connectivity index (χ1) is 9.22. The van der Waals surface area contributed by atoms with Gasteiger partial charge in [0.25, 0.3) is 0 Å². The number of hydrogen-bond donors (Lipinski definition) is 2. The molecule has 1 aromatic rings. The van der Waals surface area contributed by atoms with Crippen LogP contribution in [0.15, 0.2) is 6.33 Å². The first-order valence-corrected chi connectivity index (χ1v) is 7.39. The molecule has 1 aromatic heterocycles. The van der Waals surface area contributed by atoms with Crippen molar-refractivity contribution in [3.05, 3.63) is 17.7 Å². The zero-order valence-corrected chi connectivity index (χ0v) is 12.0. The Morgan fingerprint density at radius 1 is 1.42 bits per heavy atom. The predicted molar refractivity (Wildman–Crippen MR) is 76.1 cm³/mol. The summed E-state index contributed by atoms with van der Waals surface area (Å²) >= 11 is 0. The van der Waals surface area contributed by atoms with Crippen LogP contribution in [0.25, 0.3) is 0 Å². The van der Waals surface area contributed by atoms with Crippen LogP contribution in [-0.4, -0.2) is 65.1 Å². The molecule has 19 heavy (non-hydrogen) atoms. The molecule has 0 radical (unpaired) electrons. The summed E-state index contributed by atoms with van der Waals surface area (Å²) in [5, 5.41) is 3.63. The van der Waals surface area contributed by atoms with E-state index < -0.39 is 0 Å². The van der Waals surface area contributed by atoms with Gasteiger partial charge in [0.15, 0.2) is 0 Å². The lowest BCUT2D eigenvalue weighted by Crippen LogP contribution is -2.48. The largest absolute Gasteiger partial charge is 0.347 e. The number of imidazole rings is 1. The van der Waals surface area contributed by atoms with Crippen LogP contribution in [-0.2, 0) is 13.0 Å². The van der Waals surface area contributed by atoms with Gasteiger partial charge < -0.3 is 15.2 Å². The maximum absolute atomic E-state index is 4.43. The molecule has 0 aromatic carbocycles. The van der Waals surface area contributed by atoms with Gasteiger partial charge in [0.2, 0.25) is 0 Å². The van der Waals surface area contributed by atoms with Gasteiger partial charge in [0.1, 0.15) is 0 Å². The van der Waals surface area contributed by atoms with Crippen LogP contribution in [0.2, 0.25) is 0 Å². The predicted octanol–water partition coefficient (Wildman–Crippen LogP) is 0.450. The molecule has 2 unspecified atom stereocenters. The molecule has 5 heteroatoms. The standard InChI is InChI=1S/C14H25N5/c1-11-8-18(2)4-3-5-19(11)9-12-6-13-14(7-15-12)17-10-16-13/h10-12,15H,3-9H2,1-2H3,(H,16,17). The molecule has 5 nitrogen and oxygen atoms in total. The van der Waals surface area contributed by atoms with Crippen LogP contribution in [0.3, 0.4) is 0 Å². The minimum absolute atomic E-state index is 0.543. The van der Waals surface area contributed by atoms with Gasteiger partial charge in [-0.3, -0.25) is 4.90 Å². The number of likely N-dealkylation sites (N-methyl/N-ethyl adjacent to an activating group) is 1. The molecule has 2 atom stereocenters. The molecule has 1 fully saturated rings. The highest BCUT2D eigenvalue weighted by Crippen LogP contribution is 2.15. The summed E-state index contributed by atoms with van der Waals surface area (Å²) in [7, 11) is 2.23. The average Bonchev–Trinajstić information content (AvgIpc) is 2.78. The second-order valence-electron chi connectivity index (χ2n) is 6.07. The SMILES string of the molecule is CC1CN(C)CCCN1CC1Cc2nc[nH]c2CN1. The third-order valence-electron chi connectivity index (χ3n) is 4.45. The van der Waals surface area contributed by atoms with Crippen LogP contribution in [0.4, 0.5) is 0 Å². The highest BCUT2D eigenvalue weighted by molar-refractivity contribution is 5.16. The van der Waals surface area contributed by atoms with E-state index in [-0.39, 0.29) is 0 Å². The quantitative estimate of drug-likeness (QED) is 0.813. The first-order valence-electron chi connectivity index (χ1n) is 7.39. The Morgan fingerprint density at radius 3 is 3.21 bits per heavy atom. The Balaban J connectivity index is 1.59. The molecule has 2 aliphatic rings. The fraction of sp³-hybridized carbons (Fsp3) is 0.786. The highest BCUT2D eigenvalue weighted by Gasteiger charge is 2.25. The number of hydrogen-bond acceptors (Lipinski definition) is 4. The molecule has 0 aliphatic carbocycles. The van der Waals surface area contributed by atoms with Gasteiger partial charge in [0, 0.05) is 38.1 Å². The van der Waals surface area contributed by atoms with Gasteiger partial charge >= 0.3 is 0 Å². The molecule has 0 bridgehead atoms. The van der Waals surface area contributed by atoms with Crippen molar-refractivity contribution in [2.75, 3.05) is 33.2 Å². The summed E-state index contributed by atoms with van der Waals surface area (Å²) in [6.45, 7) is 8.05. The zero-order valence-electron chi connectivity index (χ0n) is 12.0. The number of H-pyrrole nitrogens is 1. The molecule has 2 aliphatic heterocycles. The van der Waals surface area contributed by atoms with Gasteiger partial charge in [-0.1, -0.05) is 0 Å². The topological polar surface area (TPSA) is 47.2 Å². The van der Waals surface area contributed by atoms with Crippen molar-refractivity contribution in [2.45, 2.75) is 38.4 Å². The zero-order chi connectivity index (χ0) is 13.2. The van der Waals surface area contributed by atoms with Crippen LogP contribution in [0.1, 0.15) is 24.7 Å². The van der Waals surface area contributed by atoms with Crippen molar-refractivity contribution in [3.63, 3.8) is 0 Å². The lowest BCUT2D eigenvalue weighted by Gasteiger charge is -2.33. The second-order valence-corrected chi connectivity index (χ2v) is 6.07. The molecule has 0 amide bonds. The molecule has 0 spiro atoms. The van der Waals surface area contributed by atoms with Crippen molar-refractivity contribution < 1.29 is 0 Å². The Hall–Kier alpha value is -0.910. The van der Waals surface area contributed by atoms with Crippen molar-refractivity contribution >= 4 is 0 Å². The molecule has 3 rings (SSSR count). The minimum Gasteiger partial charge on any atom is -0.347 e. The van der Waals surface area contributed by atoms with E-state index in [9.17, 15) is 0 Å². The third kappa shape index (κ3) is 2.99. The summed E-state index contributed by atoms with van der Waals surface area (Å²) in [6.07, 6.45) is 4.15. The molecule has 1 saturated heterocycles. The van der Waals surface area contributed by atoms with Crippen molar-refractivity contribution in [3.8, 4) is 0 Å². The molecule has 2 N–H and O–H groups in total. The number of nitrogens with zero attached hydrogens (tertiary/aromatic N) is 3. The van der Waals surface area contributed by atoms with Crippen molar-refractivity contribution in [1.29, 1.82) is 0 Å². The van der Waals surface area contributed by atoms with Crippen LogP contribution in [0, 0.1) is 0 Å². The number of fused-ring (bicyclic) bond motifs is 1. The summed E-state index contributed by atoms with van der Waals surface area (Å²) in [4.78, 5) is 12.7. The van der Waals surface area contributed by atoms with Crippen molar-refractivity contribution in [2.24, 2.45) is 0 Å². The van der Waals surface area contributed by atoms with E-state index in [2.05, 4.69) is 39.1 Å². The Bertz CT molecular complexity index is 416. The maximum Gasteiger partial charge on any atom is 0.0925 e. The molecular weight excluding hydrogens is 238 g/mol. The monoisotopic (exact) mass is 263 g/mol. The summed E-state index contributed by atoms with van der Waals surface area (Å²) in [6, 6.07) is 1.19. The number of aromatic nitrogens is 2. The first kappa shape index (κ1) is 13.1. The van der Waals surface area contributed by atoms with E-state index in [0.29, 0.717) is 12.1 Å². The van der Waals surface area contributed by atoms with E-state index >= 15 is 0 Å². The van der Waals surface area contributed by atoms with E-state index in [1.807, 2.05) is 6.33 Å². The maximum atomic E-state index is 4.43. The lowest BCUT2D eigenvalue weighted by atomic mass is 10.0. The third-order valence-corrected chi connectivity index (χ3v) is 4.45. The summed E-state index contributed by atoms with van der Waals surface area (Å²) < 4.78 is 0. The molecule has 0 saturated carbocycles. The summed E-state index contributed by atoms with van der Waals surface area (Å²) in [5.41, 5.74) is 2.52. The highest BCUT2D eigenvalue weighted by atomic mass is 15.2. The van der Waals surface area contributed by atoms with Crippen molar-refractivity contribution in [1.82, 2.24) is 25.1 Å². The molecule has 3 heterocycles. The normalized spacial score (nSPS) is 30.0. The van der Waals surface area contributed by atoms with E-state index in [4.69, 9.17) is 0 Å². The fourth-order valence-corrected chi connectivity index (χ4v) is 3.34. The number of aromatic amines is 1. The van der Waals surface area contributed by atoms with Gasteiger partial charge in [-0.05, 0) is 33.5 Å². The second kappa shape index (κ2) is 5.61. The Morgan fingerprint density at radius 2 is 2.32 bits per heavy atom. The lowest BCUT2D eigenvalue weighted by molar-refractivity contribution is 0.179. The van der Waals surface area contributed by atoms with E-state index in [1.165, 1.54) is 37.4 Å². The number of nitrogens with one attached hydrogen (secondary N) is 2. The Labute approximate surface area is 115 Å². The summed E-state index contributed by atoms with van der Waals surface area (Å²) in [5.74, 6) is 0. The van der Waals surface area contributed by atoms with Gasteiger partial charge in [-0.25, -0.2) is 4.98 Å². The van der Waals surface area contributed by atoms with Gasteiger partial charge in [0.05, 0.1) is 17.7 Å². The average molecular weight is 263 g/mol. The Kier molecular flexibility index (Phi) is 3.86. The van der Waals surface area contributed by atoms with Crippen LogP contribution in [0.5, 0.6) is 0 Å².